The fourth-order valence-corrected chi connectivity index (χ4v) is 6.50. The van der Waals surface area contributed by atoms with E-state index in [9.17, 15) is 17.6 Å². The van der Waals surface area contributed by atoms with Crippen molar-refractivity contribution in [3.05, 3.63) is 95.9 Å². The molecule has 186 valence electrons. The number of benzene rings is 3. The molecule has 1 aromatic heterocycles. The molecular weight excluding hydrogens is 477 g/mol. The minimum absolute atomic E-state index is 0.204. The number of nitrogens with zero attached hydrogens (tertiary/aromatic N) is 2. The van der Waals surface area contributed by atoms with Crippen molar-refractivity contribution in [2.24, 2.45) is 0 Å². The van der Waals surface area contributed by atoms with Gasteiger partial charge in [-0.05, 0) is 72.4 Å². The molecule has 1 N–H and O–H groups in total. The monoisotopic (exact) mass is 505 g/mol. The molecule has 5 rings (SSSR count). The van der Waals surface area contributed by atoms with Crippen molar-refractivity contribution in [3.8, 4) is 0 Å². The molecule has 1 amide bonds. The third-order valence-corrected chi connectivity index (χ3v) is 8.68. The Morgan fingerprint density at radius 3 is 2.42 bits per heavy atom. The van der Waals surface area contributed by atoms with E-state index in [0.29, 0.717) is 25.3 Å². The average molecular weight is 506 g/mol. The molecule has 0 bridgehead atoms. The molecule has 0 aliphatic carbocycles. The molecule has 1 fully saturated rings. The van der Waals surface area contributed by atoms with E-state index in [0.717, 1.165) is 29.3 Å². The van der Waals surface area contributed by atoms with Crippen LogP contribution >= 0.6 is 0 Å². The van der Waals surface area contributed by atoms with Crippen molar-refractivity contribution < 1.29 is 17.6 Å². The molecule has 4 aromatic rings. The molecule has 0 saturated carbocycles. The summed E-state index contributed by atoms with van der Waals surface area (Å²) in [6, 6.07) is 21.1. The summed E-state index contributed by atoms with van der Waals surface area (Å²) in [4.78, 5) is 11.4. The van der Waals surface area contributed by atoms with E-state index < -0.39 is 10.0 Å². The second-order valence-corrected chi connectivity index (χ2v) is 11.2. The zero-order chi connectivity index (χ0) is 25.3. The molecule has 0 atom stereocenters. The highest BCUT2D eigenvalue weighted by molar-refractivity contribution is 7.89. The third kappa shape index (κ3) is 4.92. The van der Waals surface area contributed by atoms with Crippen LogP contribution in [0.25, 0.3) is 10.9 Å². The van der Waals surface area contributed by atoms with E-state index in [1.807, 2.05) is 18.2 Å². The normalized spacial score (nSPS) is 15.3. The smallest absolute Gasteiger partial charge is 0.243 e. The van der Waals surface area contributed by atoms with Gasteiger partial charge in [0.2, 0.25) is 15.9 Å². The second-order valence-electron chi connectivity index (χ2n) is 9.24. The first-order valence-corrected chi connectivity index (χ1v) is 13.5. The van der Waals surface area contributed by atoms with Gasteiger partial charge in [-0.25, -0.2) is 12.8 Å². The molecule has 1 aliphatic rings. The van der Waals surface area contributed by atoms with Crippen LogP contribution in [0, 0.1) is 5.82 Å². The van der Waals surface area contributed by atoms with Gasteiger partial charge in [0, 0.05) is 49.3 Å². The fourth-order valence-electron chi connectivity index (χ4n) is 5.03. The number of sulfonamides is 1. The summed E-state index contributed by atoms with van der Waals surface area (Å²) in [5.74, 6) is -0.218. The molecule has 0 unspecified atom stereocenters. The van der Waals surface area contributed by atoms with Gasteiger partial charge in [0.1, 0.15) is 5.82 Å². The van der Waals surface area contributed by atoms with Crippen molar-refractivity contribution in [3.63, 3.8) is 0 Å². The molecule has 2 heterocycles. The number of rotatable bonds is 6. The summed E-state index contributed by atoms with van der Waals surface area (Å²) in [6.07, 6.45) is 3.58. The standard InChI is InChI=1S/C28H28FN3O3S/c1-20(33)30-24-9-11-25(12-10-24)36(34,35)32-15-13-22(14-16-32)27-19-31(28-8-3-2-7-26(27)28)18-21-5-4-6-23(29)17-21/h2-12,17,19,22H,13-16,18H2,1H3,(H,30,33). The number of anilines is 1. The number of amides is 1. The van der Waals surface area contributed by atoms with Crippen LogP contribution in [0.15, 0.2) is 83.9 Å². The quantitative estimate of drug-likeness (QED) is 0.384. The number of aromatic nitrogens is 1. The average Bonchev–Trinajstić information content (AvgIpc) is 3.22. The maximum Gasteiger partial charge on any atom is 0.243 e. The Hall–Kier alpha value is -3.49. The molecule has 1 saturated heterocycles. The zero-order valence-electron chi connectivity index (χ0n) is 20.0. The van der Waals surface area contributed by atoms with E-state index in [2.05, 4.69) is 28.2 Å². The van der Waals surface area contributed by atoms with Crippen LogP contribution in [-0.4, -0.2) is 36.3 Å². The van der Waals surface area contributed by atoms with Gasteiger partial charge in [-0.2, -0.15) is 4.31 Å². The number of piperidine rings is 1. The van der Waals surface area contributed by atoms with Gasteiger partial charge in [0.25, 0.3) is 0 Å². The van der Waals surface area contributed by atoms with Gasteiger partial charge in [-0.15, -0.1) is 0 Å². The highest BCUT2D eigenvalue weighted by Crippen LogP contribution is 2.36. The van der Waals surface area contributed by atoms with Crippen LogP contribution in [-0.2, 0) is 21.4 Å². The summed E-state index contributed by atoms with van der Waals surface area (Å²) in [7, 11) is -3.62. The topological polar surface area (TPSA) is 71.4 Å². The van der Waals surface area contributed by atoms with E-state index in [-0.39, 0.29) is 22.5 Å². The fraction of sp³-hybridized carbons (Fsp3) is 0.250. The molecule has 3 aromatic carbocycles. The summed E-state index contributed by atoms with van der Waals surface area (Å²) in [5, 5.41) is 3.81. The first-order chi connectivity index (χ1) is 17.3. The third-order valence-electron chi connectivity index (χ3n) is 6.77. The molecule has 8 heteroatoms. The predicted molar refractivity (Wildman–Crippen MR) is 139 cm³/mol. The van der Waals surface area contributed by atoms with Gasteiger partial charge in [-0.3, -0.25) is 4.79 Å². The van der Waals surface area contributed by atoms with Gasteiger partial charge in [0.15, 0.2) is 0 Å². The predicted octanol–water partition coefficient (Wildman–Crippen LogP) is 5.36. The van der Waals surface area contributed by atoms with E-state index in [1.54, 1.807) is 28.6 Å². The Kier molecular flexibility index (Phi) is 6.64. The van der Waals surface area contributed by atoms with Gasteiger partial charge < -0.3 is 9.88 Å². The number of hydrogen-bond acceptors (Lipinski definition) is 3. The zero-order valence-corrected chi connectivity index (χ0v) is 20.8. The Morgan fingerprint density at radius 1 is 1.00 bits per heavy atom. The molecule has 36 heavy (non-hydrogen) atoms. The van der Waals surface area contributed by atoms with Crippen molar-refractivity contribution >= 4 is 32.5 Å². The minimum Gasteiger partial charge on any atom is -0.343 e. The number of carbonyl (C=O) groups excluding carboxylic acids is 1. The molecular formula is C28H28FN3O3S. The van der Waals surface area contributed by atoms with E-state index in [1.165, 1.54) is 30.7 Å². The largest absolute Gasteiger partial charge is 0.343 e. The van der Waals surface area contributed by atoms with Crippen LogP contribution in [0.2, 0.25) is 0 Å². The molecule has 6 nitrogen and oxygen atoms in total. The molecule has 0 spiro atoms. The summed E-state index contributed by atoms with van der Waals surface area (Å²) >= 11 is 0. The number of para-hydroxylation sites is 1. The maximum atomic E-state index is 13.7. The Bertz CT molecular complexity index is 1500. The molecule has 1 aliphatic heterocycles. The first-order valence-electron chi connectivity index (χ1n) is 12.0. The number of halogens is 1. The lowest BCUT2D eigenvalue weighted by Gasteiger charge is -2.31. The lowest BCUT2D eigenvalue weighted by Crippen LogP contribution is -2.37. The number of carbonyl (C=O) groups is 1. The lowest BCUT2D eigenvalue weighted by molar-refractivity contribution is -0.114. The Morgan fingerprint density at radius 2 is 1.72 bits per heavy atom. The summed E-state index contributed by atoms with van der Waals surface area (Å²) in [5.41, 5.74) is 3.76. The van der Waals surface area contributed by atoms with Crippen molar-refractivity contribution in [2.45, 2.75) is 37.1 Å². The van der Waals surface area contributed by atoms with Crippen LogP contribution in [0.5, 0.6) is 0 Å². The lowest BCUT2D eigenvalue weighted by atomic mass is 9.90. The van der Waals surface area contributed by atoms with Gasteiger partial charge in [-0.1, -0.05) is 30.3 Å². The van der Waals surface area contributed by atoms with Crippen molar-refractivity contribution in [1.82, 2.24) is 8.87 Å². The van der Waals surface area contributed by atoms with Gasteiger partial charge in [0.05, 0.1) is 4.90 Å². The van der Waals surface area contributed by atoms with Crippen LogP contribution < -0.4 is 5.32 Å². The SMILES string of the molecule is CC(=O)Nc1ccc(S(=O)(=O)N2CCC(c3cn(Cc4cccc(F)c4)c4ccccc34)CC2)cc1. The summed E-state index contributed by atoms with van der Waals surface area (Å²) in [6.45, 7) is 2.85. The van der Waals surface area contributed by atoms with Crippen LogP contribution in [0.4, 0.5) is 10.1 Å². The summed E-state index contributed by atoms with van der Waals surface area (Å²) < 4.78 is 43.9. The van der Waals surface area contributed by atoms with E-state index in [4.69, 9.17) is 0 Å². The highest BCUT2D eigenvalue weighted by atomic mass is 32.2. The molecule has 0 radical (unpaired) electrons. The van der Waals surface area contributed by atoms with Crippen molar-refractivity contribution in [2.75, 3.05) is 18.4 Å². The Balaban J connectivity index is 1.33. The second kappa shape index (κ2) is 9.87. The Labute approximate surface area is 210 Å². The number of fused-ring (bicyclic) bond motifs is 1. The van der Waals surface area contributed by atoms with Crippen molar-refractivity contribution in [1.29, 1.82) is 0 Å². The highest BCUT2D eigenvalue weighted by Gasteiger charge is 2.31. The number of hydrogen-bond donors (Lipinski definition) is 1. The minimum atomic E-state index is -3.62. The van der Waals surface area contributed by atoms with Crippen LogP contribution in [0.1, 0.15) is 36.8 Å². The maximum absolute atomic E-state index is 13.7. The van der Waals surface area contributed by atoms with Gasteiger partial charge >= 0.3 is 0 Å². The number of nitrogens with one attached hydrogen (secondary N) is 1. The first kappa shape index (κ1) is 24.2. The van der Waals surface area contributed by atoms with E-state index >= 15 is 0 Å². The van der Waals surface area contributed by atoms with Crippen LogP contribution in [0.3, 0.4) is 0 Å².